The first-order valence-corrected chi connectivity index (χ1v) is 8.86. The number of piperazine rings is 1. The molecule has 1 fully saturated rings. The molecule has 0 spiro atoms. The van der Waals surface area contributed by atoms with Gasteiger partial charge >= 0.3 is 0 Å². The standard InChI is InChI=1S/C20H27N3O/c1-3-21-11-13-23(14-12-21)20(24)16-19(22-9-4-5-10-22)18-8-6-7-17(2)15-18/h4-10,15,19H,3,11-14,16H2,1-2H3. The summed E-state index contributed by atoms with van der Waals surface area (Å²) >= 11 is 0. The van der Waals surface area contributed by atoms with Gasteiger partial charge in [0.1, 0.15) is 0 Å². The number of likely N-dealkylation sites (N-methyl/N-ethyl adjacent to an activating group) is 1. The number of hydrogen-bond acceptors (Lipinski definition) is 2. The maximum Gasteiger partial charge on any atom is 0.225 e. The molecule has 0 aliphatic carbocycles. The van der Waals surface area contributed by atoms with Crippen LogP contribution in [-0.4, -0.2) is 53.0 Å². The van der Waals surface area contributed by atoms with Gasteiger partial charge in [-0.2, -0.15) is 0 Å². The molecule has 0 saturated carbocycles. The van der Waals surface area contributed by atoms with Crippen molar-refractivity contribution < 1.29 is 4.79 Å². The molecule has 4 nitrogen and oxygen atoms in total. The maximum absolute atomic E-state index is 12.9. The number of nitrogens with zero attached hydrogens (tertiary/aromatic N) is 3. The molecule has 24 heavy (non-hydrogen) atoms. The molecular formula is C20H27N3O. The predicted octanol–water partition coefficient (Wildman–Crippen LogP) is 2.94. The number of benzene rings is 1. The number of aryl methyl sites for hydroxylation is 1. The lowest BCUT2D eigenvalue weighted by Crippen LogP contribution is -2.48. The Labute approximate surface area is 144 Å². The Morgan fingerprint density at radius 2 is 1.79 bits per heavy atom. The van der Waals surface area contributed by atoms with Crippen LogP contribution in [0.4, 0.5) is 0 Å². The van der Waals surface area contributed by atoms with Gasteiger partial charge in [0.15, 0.2) is 0 Å². The van der Waals surface area contributed by atoms with Crippen LogP contribution in [0.2, 0.25) is 0 Å². The van der Waals surface area contributed by atoms with Crippen molar-refractivity contribution in [1.29, 1.82) is 0 Å². The molecule has 1 aromatic carbocycles. The molecule has 1 aromatic heterocycles. The number of carbonyl (C=O) groups excluding carboxylic acids is 1. The largest absolute Gasteiger partial charge is 0.346 e. The van der Waals surface area contributed by atoms with Gasteiger partial charge in [0.2, 0.25) is 5.91 Å². The molecule has 1 aliphatic rings. The van der Waals surface area contributed by atoms with Crippen molar-refractivity contribution in [1.82, 2.24) is 14.4 Å². The van der Waals surface area contributed by atoms with Crippen LogP contribution >= 0.6 is 0 Å². The highest BCUT2D eigenvalue weighted by Crippen LogP contribution is 2.24. The summed E-state index contributed by atoms with van der Waals surface area (Å²) in [5, 5.41) is 0. The summed E-state index contributed by atoms with van der Waals surface area (Å²) in [6.07, 6.45) is 4.62. The second kappa shape index (κ2) is 7.67. The zero-order valence-electron chi connectivity index (χ0n) is 14.7. The van der Waals surface area contributed by atoms with Crippen LogP contribution < -0.4 is 0 Å². The topological polar surface area (TPSA) is 28.5 Å². The van der Waals surface area contributed by atoms with Crippen LogP contribution in [0.3, 0.4) is 0 Å². The number of hydrogen-bond donors (Lipinski definition) is 0. The molecule has 2 aromatic rings. The van der Waals surface area contributed by atoms with E-state index in [1.807, 2.05) is 17.0 Å². The summed E-state index contributed by atoms with van der Waals surface area (Å²) in [5.74, 6) is 0.256. The highest BCUT2D eigenvalue weighted by atomic mass is 16.2. The molecule has 0 bridgehead atoms. The van der Waals surface area contributed by atoms with E-state index >= 15 is 0 Å². The van der Waals surface area contributed by atoms with Gasteiger partial charge in [-0.15, -0.1) is 0 Å². The fourth-order valence-corrected chi connectivity index (χ4v) is 3.44. The van der Waals surface area contributed by atoms with Crippen molar-refractivity contribution in [3.05, 3.63) is 59.9 Å². The van der Waals surface area contributed by atoms with Crippen molar-refractivity contribution in [2.75, 3.05) is 32.7 Å². The first-order valence-electron chi connectivity index (χ1n) is 8.86. The zero-order valence-corrected chi connectivity index (χ0v) is 14.7. The monoisotopic (exact) mass is 325 g/mol. The summed E-state index contributed by atoms with van der Waals surface area (Å²) in [6, 6.07) is 12.6. The van der Waals surface area contributed by atoms with Gasteiger partial charge in [-0.05, 0) is 31.2 Å². The molecule has 1 saturated heterocycles. The van der Waals surface area contributed by atoms with Gasteiger partial charge in [-0.3, -0.25) is 4.79 Å². The molecule has 4 heteroatoms. The van der Waals surface area contributed by atoms with Crippen LogP contribution in [0.15, 0.2) is 48.8 Å². The minimum Gasteiger partial charge on any atom is -0.346 e. The molecule has 1 amide bonds. The highest BCUT2D eigenvalue weighted by molar-refractivity contribution is 5.77. The van der Waals surface area contributed by atoms with E-state index in [0.717, 1.165) is 32.7 Å². The fourth-order valence-electron chi connectivity index (χ4n) is 3.44. The average molecular weight is 325 g/mol. The van der Waals surface area contributed by atoms with E-state index in [-0.39, 0.29) is 11.9 Å². The second-order valence-corrected chi connectivity index (χ2v) is 6.58. The minimum atomic E-state index is 0.0663. The quantitative estimate of drug-likeness (QED) is 0.845. The van der Waals surface area contributed by atoms with Crippen LogP contribution in [0.25, 0.3) is 0 Å². The van der Waals surface area contributed by atoms with E-state index in [2.05, 4.69) is 60.0 Å². The van der Waals surface area contributed by atoms with Gasteiger partial charge in [-0.1, -0.05) is 36.8 Å². The predicted molar refractivity (Wildman–Crippen MR) is 97.1 cm³/mol. The summed E-state index contributed by atoms with van der Waals surface area (Å²) in [4.78, 5) is 17.3. The lowest BCUT2D eigenvalue weighted by atomic mass is 10.0. The number of amides is 1. The third kappa shape index (κ3) is 3.88. The van der Waals surface area contributed by atoms with Gasteiger partial charge < -0.3 is 14.4 Å². The zero-order chi connectivity index (χ0) is 16.9. The van der Waals surface area contributed by atoms with Crippen molar-refractivity contribution >= 4 is 5.91 Å². The normalized spacial score (nSPS) is 17.0. The summed E-state index contributed by atoms with van der Waals surface area (Å²) in [7, 11) is 0. The first kappa shape index (κ1) is 16.8. The second-order valence-electron chi connectivity index (χ2n) is 6.58. The van der Waals surface area contributed by atoms with Crippen LogP contribution in [0.1, 0.15) is 30.5 Å². The number of carbonyl (C=O) groups is 1. The van der Waals surface area contributed by atoms with E-state index in [9.17, 15) is 4.79 Å². The fraction of sp³-hybridized carbons (Fsp3) is 0.450. The molecule has 3 rings (SSSR count). The van der Waals surface area contributed by atoms with E-state index in [1.54, 1.807) is 0 Å². The third-order valence-electron chi connectivity index (χ3n) is 4.95. The molecule has 128 valence electrons. The third-order valence-corrected chi connectivity index (χ3v) is 4.95. The Morgan fingerprint density at radius 3 is 2.42 bits per heavy atom. The summed E-state index contributed by atoms with van der Waals surface area (Å²) < 4.78 is 2.15. The van der Waals surface area contributed by atoms with Gasteiger partial charge in [-0.25, -0.2) is 0 Å². The molecule has 1 unspecified atom stereocenters. The molecule has 1 aliphatic heterocycles. The Morgan fingerprint density at radius 1 is 1.08 bits per heavy atom. The van der Waals surface area contributed by atoms with Gasteiger partial charge in [0.25, 0.3) is 0 Å². The maximum atomic E-state index is 12.9. The van der Waals surface area contributed by atoms with Crippen LogP contribution in [0.5, 0.6) is 0 Å². The van der Waals surface area contributed by atoms with E-state index in [0.29, 0.717) is 6.42 Å². The number of rotatable bonds is 5. The van der Waals surface area contributed by atoms with E-state index < -0.39 is 0 Å². The Bertz CT molecular complexity index is 657. The lowest BCUT2D eigenvalue weighted by molar-refractivity contribution is -0.133. The van der Waals surface area contributed by atoms with Gasteiger partial charge in [0.05, 0.1) is 12.5 Å². The van der Waals surface area contributed by atoms with Crippen molar-refractivity contribution in [3.8, 4) is 0 Å². The Balaban J connectivity index is 1.74. The first-order chi connectivity index (χ1) is 11.7. The molecule has 0 radical (unpaired) electrons. The Hall–Kier alpha value is -2.07. The van der Waals surface area contributed by atoms with E-state index in [1.165, 1.54) is 11.1 Å². The molecule has 0 N–H and O–H groups in total. The molecular weight excluding hydrogens is 298 g/mol. The number of aromatic nitrogens is 1. The van der Waals surface area contributed by atoms with Gasteiger partial charge in [0, 0.05) is 38.6 Å². The smallest absolute Gasteiger partial charge is 0.225 e. The minimum absolute atomic E-state index is 0.0663. The van der Waals surface area contributed by atoms with Crippen molar-refractivity contribution in [3.63, 3.8) is 0 Å². The summed E-state index contributed by atoms with van der Waals surface area (Å²) in [6.45, 7) is 9.01. The van der Waals surface area contributed by atoms with E-state index in [4.69, 9.17) is 0 Å². The van der Waals surface area contributed by atoms with Crippen LogP contribution in [-0.2, 0) is 4.79 Å². The SMILES string of the molecule is CCN1CCN(C(=O)CC(c2cccc(C)c2)n2cccc2)CC1. The van der Waals surface area contributed by atoms with Crippen molar-refractivity contribution in [2.24, 2.45) is 0 Å². The molecule has 2 heterocycles. The summed E-state index contributed by atoms with van der Waals surface area (Å²) in [5.41, 5.74) is 2.43. The lowest BCUT2D eigenvalue weighted by Gasteiger charge is -2.35. The average Bonchev–Trinajstić information content (AvgIpc) is 3.14. The van der Waals surface area contributed by atoms with Crippen LogP contribution in [0, 0.1) is 6.92 Å². The Kier molecular flexibility index (Phi) is 5.36. The molecule has 1 atom stereocenters. The highest BCUT2D eigenvalue weighted by Gasteiger charge is 2.24. The van der Waals surface area contributed by atoms with Crippen molar-refractivity contribution in [2.45, 2.75) is 26.3 Å².